The summed E-state index contributed by atoms with van der Waals surface area (Å²) in [6, 6.07) is 9.28. The third-order valence-electron chi connectivity index (χ3n) is 4.81. The fourth-order valence-corrected chi connectivity index (χ4v) is 3.80. The molecule has 12 heteroatoms. The number of amides is 3. The SMILES string of the molecule is CCOC(=O)c1csc(N(NC(=O)c2cc(OC)c(OC)c(OC)c2)C(=O)Nc2ccc(C)cc2)n1. The van der Waals surface area contributed by atoms with Gasteiger partial charge in [-0.2, -0.15) is 5.01 Å². The Morgan fingerprint density at radius 3 is 2.19 bits per heavy atom. The summed E-state index contributed by atoms with van der Waals surface area (Å²) in [6.07, 6.45) is 0. The van der Waals surface area contributed by atoms with E-state index in [1.807, 2.05) is 19.1 Å². The number of benzene rings is 2. The fraction of sp³-hybridized carbons (Fsp3) is 0.250. The topological polar surface area (TPSA) is 128 Å². The second-order valence-electron chi connectivity index (χ2n) is 7.22. The number of aryl methyl sites for hydroxylation is 1. The van der Waals surface area contributed by atoms with Crippen LogP contribution in [0.2, 0.25) is 0 Å². The van der Waals surface area contributed by atoms with Crippen molar-refractivity contribution in [1.29, 1.82) is 0 Å². The number of hydrazine groups is 1. The molecule has 0 bridgehead atoms. The Hall–Kier alpha value is -4.32. The van der Waals surface area contributed by atoms with Crippen molar-refractivity contribution in [3.8, 4) is 17.2 Å². The number of carbonyl (C=O) groups is 3. The van der Waals surface area contributed by atoms with Crippen LogP contribution in [0.4, 0.5) is 15.6 Å². The third-order valence-corrected chi connectivity index (χ3v) is 5.64. The molecule has 0 atom stereocenters. The lowest BCUT2D eigenvalue weighted by Crippen LogP contribution is -2.48. The summed E-state index contributed by atoms with van der Waals surface area (Å²) >= 11 is 0.981. The highest BCUT2D eigenvalue weighted by molar-refractivity contribution is 7.14. The third kappa shape index (κ3) is 6.02. The second-order valence-corrected chi connectivity index (χ2v) is 8.06. The molecule has 190 valence electrons. The summed E-state index contributed by atoms with van der Waals surface area (Å²) in [6.45, 7) is 3.76. The Morgan fingerprint density at radius 2 is 1.64 bits per heavy atom. The zero-order valence-electron chi connectivity index (χ0n) is 20.4. The summed E-state index contributed by atoms with van der Waals surface area (Å²) in [4.78, 5) is 42.7. The van der Waals surface area contributed by atoms with Crippen LogP contribution in [0.5, 0.6) is 17.2 Å². The van der Waals surface area contributed by atoms with E-state index in [-0.39, 0.29) is 34.5 Å². The first-order chi connectivity index (χ1) is 17.3. The van der Waals surface area contributed by atoms with Crippen LogP contribution < -0.4 is 30.0 Å². The zero-order valence-corrected chi connectivity index (χ0v) is 21.2. The van der Waals surface area contributed by atoms with Gasteiger partial charge in [0.2, 0.25) is 10.9 Å². The summed E-state index contributed by atoms with van der Waals surface area (Å²) < 4.78 is 20.9. The van der Waals surface area contributed by atoms with E-state index in [9.17, 15) is 14.4 Å². The van der Waals surface area contributed by atoms with Gasteiger partial charge in [-0.1, -0.05) is 17.7 Å². The molecule has 11 nitrogen and oxygen atoms in total. The van der Waals surface area contributed by atoms with E-state index in [1.165, 1.54) is 38.8 Å². The lowest BCUT2D eigenvalue weighted by Gasteiger charge is -2.21. The van der Waals surface area contributed by atoms with Gasteiger partial charge in [0.05, 0.1) is 27.9 Å². The molecule has 2 N–H and O–H groups in total. The number of carbonyl (C=O) groups excluding carboxylic acids is 3. The molecular weight excluding hydrogens is 488 g/mol. The van der Waals surface area contributed by atoms with Gasteiger partial charge in [0.15, 0.2) is 17.2 Å². The predicted octanol–water partition coefficient (Wildman–Crippen LogP) is 4.04. The molecule has 1 aromatic heterocycles. The van der Waals surface area contributed by atoms with Crippen LogP contribution in [0.1, 0.15) is 33.3 Å². The molecule has 3 aromatic rings. The van der Waals surface area contributed by atoms with Gasteiger partial charge in [-0.15, -0.1) is 11.3 Å². The Balaban J connectivity index is 1.94. The number of aromatic nitrogens is 1. The number of anilines is 2. The molecule has 0 aliphatic rings. The number of ether oxygens (including phenoxy) is 4. The minimum absolute atomic E-state index is 0.00650. The number of urea groups is 1. The van der Waals surface area contributed by atoms with Crippen LogP contribution in [-0.2, 0) is 4.74 Å². The number of methoxy groups -OCH3 is 3. The molecule has 0 aliphatic heterocycles. The Morgan fingerprint density at radius 1 is 1.00 bits per heavy atom. The van der Waals surface area contributed by atoms with Crippen molar-refractivity contribution in [2.45, 2.75) is 13.8 Å². The quantitative estimate of drug-likeness (QED) is 0.341. The molecule has 3 amide bonds. The number of thiazole rings is 1. The molecule has 0 spiro atoms. The van der Waals surface area contributed by atoms with Crippen molar-refractivity contribution >= 4 is 40.1 Å². The predicted molar refractivity (Wildman–Crippen MR) is 134 cm³/mol. The van der Waals surface area contributed by atoms with Crippen molar-refractivity contribution in [1.82, 2.24) is 10.4 Å². The smallest absolute Gasteiger partial charge is 0.357 e. The normalized spacial score (nSPS) is 10.2. The zero-order chi connectivity index (χ0) is 26.2. The first kappa shape index (κ1) is 26.3. The summed E-state index contributed by atoms with van der Waals surface area (Å²) in [5.74, 6) is -0.478. The van der Waals surface area contributed by atoms with Crippen molar-refractivity contribution < 1.29 is 33.3 Å². The summed E-state index contributed by atoms with van der Waals surface area (Å²) in [7, 11) is 4.29. The maximum atomic E-state index is 13.2. The standard InChI is InChI=1S/C24H26N4O7S/c1-6-35-22(30)17-13-36-24(26-17)28(23(31)25-16-9-7-14(2)8-10-16)27-21(29)15-11-18(32-3)20(34-5)19(12-15)33-4/h7-13H,6H2,1-5H3,(H,25,31)(H,27,29). The van der Waals surface area contributed by atoms with Crippen LogP contribution >= 0.6 is 11.3 Å². The maximum Gasteiger partial charge on any atom is 0.357 e. The van der Waals surface area contributed by atoms with Gasteiger partial charge in [0, 0.05) is 16.6 Å². The molecule has 0 fully saturated rings. The Bertz CT molecular complexity index is 1220. The van der Waals surface area contributed by atoms with Crippen LogP contribution in [0, 0.1) is 6.92 Å². The van der Waals surface area contributed by atoms with E-state index >= 15 is 0 Å². The van der Waals surface area contributed by atoms with Gasteiger partial charge in [0.25, 0.3) is 5.91 Å². The van der Waals surface area contributed by atoms with E-state index in [2.05, 4.69) is 15.7 Å². The van der Waals surface area contributed by atoms with Crippen molar-refractivity contribution in [3.05, 3.63) is 58.6 Å². The average Bonchev–Trinajstić information content (AvgIpc) is 3.37. The van der Waals surface area contributed by atoms with Gasteiger partial charge in [-0.05, 0) is 38.1 Å². The first-order valence-corrected chi connectivity index (χ1v) is 11.6. The summed E-state index contributed by atoms with van der Waals surface area (Å²) in [5, 5.41) is 5.10. The average molecular weight is 515 g/mol. The van der Waals surface area contributed by atoms with Gasteiger partial charge >= 0.3 is 12.0 Å². The molecule has 0 saturated carbocycles. The van der Waals surface area contributed by atoms with Gasteiger partial charge < -0.3 is 24.3 Å². The minimum atomic E-state index is -0.704. The fourth-order valence-electron chi connectivity index (χ4n) is 3.05. The van der Waals surface area contributed by atoms with E-state index in [4.69, 9.17) is 18.9 Å². The lowest BCUT2D eigenvalue weighted by molar-refractivity contribution is 0.0520. The highest BCUT2D eigenvalue weighted by atomic mass is 32.1. The summed E-state index contributed by atoms with van der Waals surface area (Å²) in [5.41, 5.74) is 4.18. The Kier molecular flexibility index (Phi) is 8.68. The number of nitrogens with zero attached hydrogens (tertiary/aromatic N) is 2. The molecule has 2 aromatic carbocycles. The number of nitrogens with one attached hydrogen (secondary N) is 2. The number of rotatable bonds is 8. The number of hydrogen-bond acceptors (Lipinski definition) is 9. The molecule has 1 heterocycles. The van der Waals surface area contributed by atoms with Gasteiger partial charge in [-0.3, -0.25) is 10.2 Å². The molecule has 3 rings (SSSR count). The highest BCUT2D eigenvalue weighted by Gasteiger charge is 2.26. The van der Waals surface area contributed by atoms with Crippen molar-refractivity contribution in [2.24, 2.45) is 0 Å². The monoisotopic (exact) mass is 514 g/mol. The van der Waals surface area contributed by atoms with E-state index in [1.54, 1.807) is 19.1 Å². The second kappa shape index (κ2) is 11.9. The van der Waals surface area contributed by atoms with E-state index in [0.717, 1.165) is 21.9 Å². The molecule has 0 radical (unpaired) electrons. The largest absolute Gasteiger partial charge is 0.493 e. The van der Waals surface area contributed by atoms with Crippen LogP contribution in [-0.4, -0.2) is 50.8 Å². The van der Waals surface area contributed by atoms with Crippen LogP contribution in [0.25, 0.3) is 0 Å². The number of esters is 1. The van der Waals surface area contributed by atoms with Crippen LogP contribution in [0.15, 0.2) is 41.8 Å². The number of hydrogen-bond donors (Lipinski definition) is 2. The van der Waals surface area contributed by atoms with Gasteiger partial charge in [-0.25, -0.2) is 14.6 Å². The Labute approximate surface area is 211 Å². The minimum Gasteiger partial charge on any atom is -0.493 e. The van der Waals surface area contributed by atoms with E-state index in [0.29, 0.717) is 11.4 Å². The molecular formula is C24H26N4O7S. The maximum absolute atomic E-state index is 13.2. The van der Waals surface area contributed by atoms with E-state index < -0.39 is 17.9 Å². The molecule has 0 unspecified atom stereocenters. The van der Waals surface area contributed by atoms with Crippen LogP contribution in [0.3, 0.4) is 0 Å². The van der Waals surface area contributed by atoms with Crippen molar-refractivity contribution in [2.75, 3.05) is 38.3 Å². The molecule has 0 aliphatic carbocycles. The molecule has 36 heavy (non-hydrogen) atoms. The van der Waals surface area contributed by atoms with Crippen molar-refractivity contribution in [3.63, 3.8) is 0 Å². The highest BCUT2D eigenvalue weighted by Crippen LogP contribution is 2.38. The lowest BCUT2D eigenvalue weighted by atomic mass is 10.1. The molecule has 0 saturated heterocycles. The van der Waals surface area contributed by atoms with Gasteiger partial charge in [0.1, 0.15) is 0 Å². The first-order valence-electron chi connectivity index (χ1n) is 10.7.